The number of hydrogen-bond acceptors (Lipinski definition) is 4. The van der Waals surface area contributed by atoms with Gasteiger partial charge in [0, 0.05) is 50.6 Å². The summed E-state index contributed by atoms with van der Waals surface area (Å²) >= 11 is 0. The molecule has 1 saturated heterocycles. The molecule has 1 saturated carbocycles. The summed E-state index contributed by atoms with van der Waals surface area (Å²) in [4.78, 5) is 9.86. The van der Waals surface area contributed by atoms with Crippen molar-refractivity contribution in [2.75, 3.05) is 26.2 Å². The van der Waals surface area contributed by atoms with Crippen LogP contribution in [0.4, 0.5) is 0 Å². The molecule has 3 rings (SSSR count). The summed E-state index contributed by atoms with van der Waals surface area (Å²) in [7, 11) is 0. The second kappa shape index (κ2) is 8.22. The molecule has 4 heteroatoms. The Bertz CT molecular complexity index is 487. The number of aliphatic hydroxyl groups excluding tert-OH is 1. The number of aliphatic hydroxyl groups is 1. The topological polar surface area (TPSA) is 39.6 Å². The van der Waals surface area contributed by atoms with Crippen molar-refractivity contribution in [1.82, 2.24) is 14.8 Å². The first-order valence-electron chi connectivity index (χ1n) is 9.28. The molecular formula is C19H31N3O. The number of aromatic nitrogens is 1. The predicted molar refractivity (Wildman–Crippen MR) is 93.3 cm³/mol. The third kappa shape index (κ3) is 4.52. The smallest absolute Gasteiger partial charge is 0.0547 e. The number of nitrogens with zero attached hydrogens (tertiary/aromatic N) is 3. The van der Waals surface area contributed by atoms with Gasteiger partial charge in [-0.2, -0.15) is 0 Å². The molecule has 0 radical (unpaired) electrons. The standard InChI is InChI=1S/C19H31N3O/c1-16-6-5-7-17(20-16)14-21-11-12-22(19(15-21)10-13-23)18-8-3-2-4-9-18/h5-7,18-19,23H,2-4,8-15H2,1H3/t19-/m0/s1. The molecule has 0 bridgehead atoms. The van der Waals surface area contributed by atoms with Gasteiger partial charge >= 0.3 is 0 Å². The van der Waals surface area contributed by atoms with Crippen molar-refractivity contribution in [3.8, 4) is 0 Å². The molecule has 128 valence electrons. The molecule has 1 N–H and O–H groups in total. The predicted octanol–water partition coefficient (Wildman–Crippen LogP) is 2.59. The van der Waals surface area contributed by atoms with Gasteiger partial charge in [0.05, 0.1) is 5.69 Å². The molecule has 1 aromatic heterocycles. The lowest BCUT2D eigenvalue weighted by atomic mass is 9.92. The molecule has 2 heterocycles. The van der Waals surface area contributed by atoms with E-state index in [1.807, 2.05) is 0 Å². The fraction of sp³-hybridized carbons (Fsp3) is 0.737. The highest BCUT2D eigenvalue weighted by atomic mass is 16.3. The Morgan fingerprint density at radius 1 is 1.17 bits per heavy atom. The maximum Gasteiger partial charge on any atom is 0.0547 e. The SMILES string of the molecule is Cc1cccc(CN2CCN(C3CCCCC3)[C@@H](CCO)C2)n1. The fourth-order valence-electron chi connectivity index (χ4n) is 4.29. The summed E-state index contributed by atoms with van der Waals surface area (Å²) in [5.74, 6) is 0. The lowest BCUT2D eigenvalue weighted by Gasteiger charge is -2.46. The van der Waals surface area contributed by atoms with Gasteiger partial charge in [0.15, 0.2) is 0 Å². The monoisotopic (exact) mass is 317 g/mol. The van der Waals surface area contributed by atoms with E-state index in [1.165, 1.54) is 37.8 Å². The van der Waals surface area contributed by atoms with Gasteiger partial charge in [0.2, 0.25) is 0 Å². The van der Waals surface area contributed by atoms with Crippen LogP contribution in [0.2, 0.25) is 0 Å². The van der Waals surface area contributed by atoms with Crippen molar-refractivity contribution in [2.24, 2.45) is 0 Å². The Labute approximate surface area is 140 Å². The largest absolute Gasteiger partial charge is 0.396 e. The van der Waals surface area contributed by atoms with Gasteiger partial charge in [0.1, 0.15) is 0 Å². The average Bonchev–Trinajstić information content (AvgIpc) is 2.56. The Kier molecular flexibility index (Phi) is 6.03. The number of pyridine rings is 1. The highest BCUT2D eigenvalue weighted by Crippen LogP contribution is 2.27. The fourth-order valence-corrected chi connectivity index (χ4v) is 4.29. The van der Waals surface area contributed by atoms with E-state index in [-0.39, 0.29) is 0 Å². The van der Waals surface area contributed by atoms with Gasteiger partial charge in [-0.05, 0) is 38.3 Å². The minimum absolute atomic E-state index is 0.296. The van der Waals surface area contributed by atoms with Gasteiger partial charge < -0.3 is 5.11 Å². The van der Waals surface area contributed by atoms with E-state index in [9.17, 15) is 5.11 Å². The van der Waals surface area contributed by atoms with E-state index >= 15 is 0 Å². The number of aryl methyl sites for hydroxylation is 1. The molecule has 1 aliphatic heterocycles. The summed E-state index contributed by atoms with van der Waals surface area (Å²) in [6.07, 6.45) is 7.75. The summed E-state index contributed by atoms with van der Waals surface area (Å²) in [5, 5.41) is 9.49. The molecule has 1 aromatic rings. The molecular weight excluding hydrogens is 286 g/mol. The average molecular weight is 317 g/mol. The summed E-state index contributed by atoms with van der Waals surface area (Å²) < 4.78 is 0. The molecule has 1 aliphatic carbocycles. The molecule has 0 aromatic carbocycles. The Balaban J connectivity index is 1.61. The normalized spacial score (nSPS) is 24.9. The minimum atomic E-state index is 0.296. The summed E-state index contributed by atoms with van der Waals surface area (Å²) in [5.41, 5.74) is 2.26. The van der Waals surface area contributed by atoms with E-state index in [2.05, 4.69) is 39.9 Å². The lowest BCUT2D eigenvalue weighted by Crippen LogP contribution is -2.56. The number of hydrogen-bond donors (Lipinski definition) is 1. The second-order valence-electron chi connectivity index (χ2n) is 7.20. The third-order valence-corrected chi connectivity index (χ3v) is 5.45. The third-order valence-electron chi connectivity index (χ3n) is 5.45. The van der Waals surface area contributed by atoms with Gasteiger partial charge in [-0.1, -0.05) is 25.3 Å². The van der Waals surface area contributed by atoms with Crippen LogP contribution in [-0.4, -0.2) is 58.2 Å². The van der Waals surface area contributed by atoms with E-state index in [1.54, 1.807) is 0 Å². The van der Waals surface area contributed by atoms with Crippen LogP contribution >= 0.6 is 0 Å². The van der Waals surface area contributed by atoms with Crippen molar-refractivity contribution >= 4 is 0 Å². The van der Waals surface area contributed by atoms with Crippen LogP contribution in [0.5, 0.6) is 0 Å². The Morgan fingerprint density at radius 3 is 2.74 bits per heavy atom. The van der Waals surface area contributed by atoms with Crippen LogP contribution in [0, 0.1) is 6.92 Å². The molecule has 0 amide bonds. The van der Waals surface area contributed by atoms with Crippen molar-refractivity contribution in [3.05, 3.63) is 29.6 Å². The second-order valence-corrected chi connectivity index (χ2v) is 7.20. The Morgan fingerprint density at radius 2 is 2.00 bits per heavy atom. The van der Waals surface area contributed by atoms with E-state index < -0.39 is 0 Å². The zero-order valence-corrected chi connectivity index (χ0v) is 14.5. The van der Waals surface area contributed by atoms with Crippen LogP contribution in [0.15, 0.2) is 18.2 Å². The van der Waals surface area contributed by atoms with E-state index in [0.29, 0.717) is 12.6 Å². The molecule has 1 atom stereocenters. The van der Waals surface area contributed by atoms with Crippen LogP contribution in [0.1, 0.15) is 49.9 Å². The highest BCUT2D eigenvalue weighted by Gasteiger charge is 2.32. The van der Waals surface area contributed by atoms with Crippen LogP contribution < -0.4 is 0 Å². The van der Waals surface area contributed by atoms with Crippen molar-refractivity contribution in [2.45, 2.75) is 64.1 Å². The van der Waals surface area contributed by atoms with Gasteiger partial charge in [-0.3, -0.25) is 14.8 Å². The van der Waals surface area contributed by atoms with Crippen molar-refractivity contribution in [1.29, 1.82) is 0 Å². The molecule has 23 heavy (non-hydrogen) atoms. The zero-order valence-electron chi connectivity index (χ0n) is 14.5. The van der Waals surface area contributed by atoms with Crippen molar-refractivity contribution in [3.63, 3.8) is 0 Å². The zero-order chi connectivity index (χ0) is 16.1. The molecule has 4 nitrogen and oxygen atoms in total. The number of rotatable bonds is 5. The van der Waals surface area contributed by atoms with E-state index in [0.717, 1.165) is 44.3 Å². The highest BCUT2D eigenvalue weighted by molar-refractivity contribution is 5.10. The van der Waals surface area contributed by atoms with Crippen LogP contribution in [-0.2, 0) is 6.54 Å². The lowest BCUT2D eigenvalue weighted by molar-refractivity contribution is 0.0133. The quantitative estimate of drug-likeness (QED) is 0.906. The van der Waals surface area contributed by atoms with Gasteiger partial charge in [-0.15, -0.1) is 0 Å². The summed E-state index contributed by atoms with van der Waals surface area (Å²) in [6.45, 7) is 6.60. The van der Waals surface area contributed by atoms with Crippen LogP contribution in [0.3, 0.4) is 0 Å². The molecule has 0 spiro atoms. The summed E-state index contributed by atoms with van der Waals surface area (Å²) in [6, 6.07) is 7.53. The maximum absolute atomic E-state index is 9.49. The van der Waals surface area contributed by atoms with Crippen molar-refractivity contribution < 1.29 is 5.11 Å². The first-order chi connectivity index (χ1) is 11.3. The molecule has 0 unspecified atom stereocenters. The minimum Gasteiger partial charge on any atom is -0.396 e. The molecule has 2 fully saturated rings. The van der Waals surface area contributed by atoms with E-state index in [4.69, 9.17) is 0 Å². The molecule has 2 aliphatic rings. The first kappa shape index (κ1) is 16.9. The number of piperazine rings is 1. The van der Waals surface area contributed by atoms with Gasteiger partial charge in [0.25, 0.3) is 0 Å². The first-order valence-corrected chi connectivity index (χ1v) is 9.28. The Hall–Kier alpha value is -0.970. The maximum atomic E-state index is 9.49. The van der Waals surface area contributed by atoms with Gasteiger partial charge in [-0.25, -0.2) is 0 Å². The van der Waals surface area contributed by atoms with Crippen LogP contribution in [0.25, 0.3) is 0 Å².